The van der Waals surface area contributed by atoms with Gasteiger partial charge in [0, 0.05) is 51.2 Å². The average molecular weight is 306 g/mol. The normalized spacial score (nSPS) is 23.5. The molecule has 0 saturated carbocycles. The van der Waals surface area contributed by atoms with E-state index in [1.807, 2.05) is 25.7 Å². The molecule has 2 saturated heterocycles. The van der Waals surface area contributed by atoms with Crippen molar-refractivity contribution < 1.29 is 9.32 Å². The summed E-state index contributed by atoms with van der Waals surface area (Å²) in [5.41, 5.74) is 1.38. The lowest BCUT2D eigenvalue weighted by Crippen LogP contribution is -2.49. The van der Waals surface area contributed by atoms with Crippen LogP contribution in [0.3, 0.4) is 0 Å². The molecule has 2 fully saturated rings. The van der Waals surface area contributed by atoms with Crippen LogP contribution in [0.4, 0.5) is 0 Å². The Hall–Kier alpha value is -1.40. The molecule has 0 aliphatic carbocycles. The Morgan fingerprint density at radius 1 is 1.32 bits per heavy atom. The minimum atomic E-state index is 0.0834. The maximum Gasteiger partial charge on any atom is 0.259 e. The summed E-state index contributed by atoms with van der Waals surface area (Å²) >= 11 is 0. The standard InChI is InChI=1S/C16H26N4O2/c1-11(2)15-14(12(3)18-22-15)16(21)20-7-4-13(10-20)19-8-5-17-6-9-19/h11,13,17H,4-10H2,1-3H3. The zero-order valence-corrected chi connectivity index (χ0v) is 13.8. The van der Waals surface area contributed by atoms with Crippen molar-refractivity contribution in [2.75, 3.05) is 39.3 Å². The molecule has 122 valence electrons. The molecular weight excluding hydrogens is 280 g/mol. The lowest BCUT2D eigenvalue weighted by Gasteiger charge is -2.32. The Morgan fingerprint density at radius 2 is 2.05 bits per heavy atom. The van der Waals surface area contributed by atoms with Gasteiger partial charge in [0.1, 0.15) is 5.56 Å². The number of piperazine rings is 1. The molecule has 1 N–H and O–H groups in total. The number of aryl methyl sites for hydroxylation is 1. The van der Waals surface area contributed by atoms with E-state index in [0.717, 1.165) is 45.7 Å². The Morgan fingerprint density at radius 3 is 2.73 bits per heavy atom. The fourth-order valence-corrected chi connectivity index (χ4v) is 3.47. The second-order valence-electron chi connectivity index (χ2n) is 6.64. The van der Waals surface area contributed by atoms with Crippen LogP contribution in [0.1, 0.15) is 48.0 Å². The molecule has 0 bridgehead atoms. The predicted molar refractivity (Wildman–Crippen MR) is 84.1 cm³/mol. The van der Waals surface area contributed by atoms with Crippen LogP contribution >= 0.6 is 0 Å². The third-order valence-corrected chi connectivity index (χ3v) is 4.75. The smallest absolute Gasteiger partial charge is 0.259 e. The lowest BCUT2D eigenvalue weighted by molar-refractivity contribution is 0.0770. The van der Waals surface area contributed by atoms with Crippen molar-refractivity contribution in [3.05, 3.63) is 17.0 Å². The summed E-state index contributed by atoms with van der Waals surface area (Å²) < 4.78 is 5.36. The highest BCUT2D eigenvalue weighted by molar-refractivity contribution is 5.96. The largest absolute Gasteiger partial charge is 0.360 e. The molecule has 6 heteroatoms. The van der Waals surface area contributed by atoms with Gasteiger partial charge in [0.2, 0.25) is 0 Å². The van der Waals surface area contributed by atoms with Crippen LogP contribution in [0.25, 0.3) is 0 Å². The molecule has 6 nitrogen and oxygen atoms in total. The molecule has 22 heavy (non-hydrogen) atoms. The predicted octanol–water partition coefficient (Wildman–Crippen LogP) is 1.23. The van der Waals surface area contributed by atoms with E-state index in [0.29, 0.717) is 23.1 Å². The van der Waals surface area contributed by atoms with Gasteiger partial charge in [-0.15, -0.1) is 0 Å². The highest BCUT2D eigenvalue weighted by Gasteiger charge is 2.34. The highest BCUT2D eigenvalue weighted by Crippen LogP contribution is 2.26. The zero-order chi connectivity index (χ0) is 15.7. The first-order chi connectivity index (χ1) is 10.6. The number of carbonyl (C=O) groups excluding carboxylic acids is 1. The van der Waals surface area contributed by atoms with Crippen molar-refractivity contribution in [2.24, 2.45) is 0 Å². The molecule has 0 spiro atoms. The van der Waals surface area contributed by atoms with Gasteiger partial charge in [-0.1, -0.05) is 19.0 Å². The molecule has 3 rings (SSSR count). The average Bonchev–Trinajstić information content (AvgIpc) is 3.14. The molecule has 3 heterocycles. The van der Waals surface area contributed by atoms with Crippen molar-refractivity contribution >= 4 is 5.91 Å². The molecule has 2 aliphatic heterocycles. The molecule has 0 radical (unpaired) electrons. The monoisotopic (exact) mass is 306 g/mol. The van der Waals surface area contributed by atoms with E-state index in [2.05, 4.69) is 15.4 Å². The summed E-state index contributed by atoms with van der Waals surface area (Å²) in [5, 5.41) is 7.38. The number of aromatic nitrogens is 1. The molecule has 1 atom stereocenters. The zero-order valence-electron chi connectivity index (χ0n) is 13.8. The first-order valence-corrected chi connectivity index (χ1v) is 8.28. The van der Waals surface area contributed by atoms with Gasteiger partial charge in [-0.2, -0.15) is 0 Å². The van der Waals surface area contributed by atoms with Gasteiger partial charge >= 0.3 is 0 Å². The topological polar surface area (TPSA) is 61.6 Å². The van der Waals surface area contributed by atoms with E-state index in [-0.39, 0.29) is 11.8 Å². The maximum absolute atomic E-state index is 12.9. The molecule has 0 aromatic carbocycles. The second kappa shape index (κ2) is 6.38. The van der Waals surface area contributed by atoms with Crippen molar-refractivity contribution in [3.8, 4) is 0 Å². The first kappa shape index (κ1) is 15.5. The quantitative estimate of drug-likeness (QED) is 0.910. The van der Waals surface area contributed by atoms with Crippen LogP contribution in [0, 0.1) is 6.92 Å². The highest BCUT2D eigenvalue weighted by atomic mass is 16.5. The van der Waals surface area contributed by atoms with Gasteiger partial charge in [-0.3, -0.25) is 9.69 Å². The van der Waals surface area contributed by atoms with E-state index >= 15 is 0 Å². The molecular formula is C16H26N4O2. The molecule has 1 amide bonds. The van der Waals surface area contributed by atoms with E-state index < -0.39 is 0 Å². The number of carbonyl (C=O) groups is 1. The summed E-state index contributed by atoms with van der Waals surface area (Å²) in [6.07, 6.45) is 1.06. The van der Waals surface area contributed by atoms with Crippen molar-refractivity contribution in [2.45, 2.75) is 39.2 Å². The fourth-order valence-electron chi connectivity index (χ4n) is 3.47. The number of hydrogen-bond donors (Lipinski definition) is 1. The summed E-state index contributed by atoms with van der Waals surface area (Å²) in [4.78, 5) is 17.4. The number of rotatable bonds is 3. The maximum atomic E-state index is 12.9. The summed E-state index contributed by atoms with van der Waals surface area (Å²) in [6.45, 7) is 11.8. The molecule has 1 unspecified atom stereocenters. The van der Waals surface area contributed by atoms with E-state index in [4.69, 9.17) is 4.52 Å². The Balaban J connectivity index is 1.70. The van der Waals surface area contributed by atoms with Crippen LogP contribution in [0.5, 0.6) is 0 Å². The van der Waals surface area contributed by atoms with Crippen LogP contribution in [-0.4, -0.2) is 66.2 Å². The summed E-state index contributed by atoms with van der Waals surface area (Å²) in [6, 6.07) is 0.494. The van der Waals surface area contributed by atoms with Crippen molar-refractivity contribution in [1.82, 2.24) is 20.3 Å². The Kier molecular flexibility index (Phi) is 4.49. The molecule has 1 aromatic heterocycles. The van der Waals surface area contributed by atoms with Crippen LogP contribution in [0.2, 0.25) is 0 Å². The van der Waals surface area contributed by atoms with Gasteiger partial charge in [0.05, 0.1) is 5.69 Å². The van der Waals surface area contributed by atoms with Crippen molar-refractivity contribution in [1.29, 1.82) is 0 Å². The summed E-state index contributed by atoms with van der Waals surface area (Å²) in [5.74, 6) is 0.972. The van der Waals surface area contributed by atoms with Crippen LogP contribution in [0.15, 0.2) is 4.52 Å². The third kappa shape index (κ3) is 2.90. The minimum Gasteiger partial charge on any atom is -0.360 e. The Bertz CT molecular complexity index is 534. The second-order valence-corrected chi connectivity index (χ2v) is 6.64. The lowest BCUT2D eigenvalue weighted by atomic mass is 10.0. The van der Waals surface area contributed by atoms with Gasteiger partial charge < -0.3 is 14.7 Å². The van der Waals surface area contributed by atoms with Crippen LogP contribution in [-0.2, 0) is 0 Å². The SMILES string of the molecule is Cc1noc(C(C)C)c1C(=O)N1CCC(N2CCNCC2)C1. The van der Waals surface area contributed by atoms with Gasteiger partial charge in [-0.25, -0.2) is 0 Å². The van der Waals surface area contributed by atoms with Crippen molar-refractivity contribution in [3.63, 3.8) is 0 Å². The number of hydrogen-bond acceptors (Lipinski definition) is 5. The number of likely N-dealkylation sites (tertiary alicyclic amines) is 1. The molecule has 1 aromatic rings. The van der Waals surface area contributed by atoms with Crippen LogP contribution < -0.4 is 5.32 Å². The first-order valence-electron chi connectivity index (χ1n) is 8.28. The van der Waals surface area contributed by atoms with Gasteiger partial charge in [-0.05, 0) is 13.3 Å². The van der Waals surface area contributed by atoms with Gasteiger partial charge in [0.15, 0.2) is 5.76 Å². The van der Waals surface area contributed by atoms with E-state index in [9.17, 15) is 4.79 Å². The summed E-state index contributed by atoms with van der Waals surface area (Å²) in [7, 11) is 0. The van der Waals surface area contributed by atoms with E-state index in [1.54, 1.807) is 0 Å². The third-order valence-electron chi connectivity index (χ3n) is 4.75. The number of nitrogens with one attached hydrogen (secondary N) is 1. The minimum absolute atomic E-state index is 0.0834. The van der Waals surface area contributed by atoms with E-state index in [1.165, 1.54) is 0 Å². The van der Waals surface area contributed by atoms with Gasteiger partial charge in [0.25, 0.3) is 5.91 Å². The number of amides is 1. The Labute approximate surface area is 131 Å². The fraction of sp³-hybridized carbons (Fsp3) is 0.750. The molecule has 2 aliphatic rings. The number of nitrogens with zero attached hydrogens (tertiary/aromatic N) is 3.